The van der Waals surface area contributed by atoms with Crippen molar-refractivity contribution in [2.45, 2.75) is 12.7 Å². The quantitative estimate of drug-likeness (QED) is 0.652. The Balaban J connectivity index is 2.35. The minimum Gasteiger partial charge on any atom is -0.484 e. The molecular weight excluding hydrogens is 335 g/mol. The Morgan fingerprint density at radius 2 is 1.92 bits per heavy atom. The van der Waals surface area contributed by atoms with Crippen LogP contribution in [0.1, 0.15) is 5.56 Å². The summed E-state index contributed by atoms with van der Waals surface area (Å²) in [6.45, 7) is -1.84. The first-order chi connectivity index (χ1) is 11.2. The summed E-state index contributed by atoms with van der Waals surface area (Å²) in [5, 5.41) is 10.7. The van der Waals surface area contributed by atoms with Gasteiger partial charge in [0.25, 0.3) is 0 Å². The monoisotopic (exact) mass is 345 g/mol. The van der Waals surface area contributed by atoms with Gasteiger partial charge in [0, 0.05) is 5.56 Å². The maximum atomic E-state index is 12.3. The largest absolute Gasteiger partial charge is 0.484 e. The topological polar surface area (TPSA) is 107 Å². The Labute approximate surface area is 131 Å². The summed E-state index contributed by atoms with van der Waals surface area (Å²) in [7, 11) is 0. The van der Waals surface area contributed by atoms with Crippen molar-refractivity contribution in [2.75, 3.05) is 6.61 Å². The average Bonchev–Trinajstić information content (AvgIpc) is 2.47. The lowest BCUT2D eigenvalue weighted by atomic mass is 10.2. The predicted octanol–water partition coefficient (Wildman–Crippen LogP) is 1.43. The van der Waals surface area contributed by atoms with Crippen molar-refractivity contribution in [1.82, 2.24) is 9.55 Å². The fourth-order valence-corrected chi connectivity index (χ4v) is 1.86. The zero-order chi connectivity index (χ0) is 17.9. The first-order valence-electron chi connectivity index (χ1n) is 6.43. The highest BCUT2D eigenvalue weighted by Gasteiger charge is 2.28. The van der Waals surface area contributed by atoms with E-state index in [1.165, 1.54) is 24.3 Å². The Bertz CT molecular complexity index is 872. The Kier molecular flexibility index (Phi) is 4.71. The second-order valence-corrected chi connectivity index (χ2v) is 4.67. The molecule has 0 saturated carbocycles. The number of benzene rings is 1. The Hall–Kier alpha value is -3.11. The van der Waals surface area contributed by atoms with Crippen molar-refractivity contribution < 1.29 is 22.8 Å². The number of aromatic nitrogens is 2. The molecule has 2 rings (SSSR count). The summed E-state index contributed by atoms with van der Waals surface area (Å²) in [5.74, 6) is -0.129. The molecule has 128 valence electrons. The number of rotatable bonds is 5. The molecule has 8 nitrogen and oxygen atoms in total. The van der Waals surface area contributed by atoms with E-state index in [0.29, 0.717) is 0 Å². The lowest BCUT2D eigenvalue weighted by molar-refractivity contribution is -0.386. The number of halogens is 3. The minimum atomic E-state index is -4.54. The van der Waals surface area contributed by atoms with Crippen LogP contribution in [0, 0.1) is 10.1 Å². The van der Waals surface area contributed by atoms with Gasteiger partial charge in [-0.15, -0.1) is 0 Å². The fraction of sp³-hybridized carbons (Fsp3) is 0.231. The number of nitro groups is 1. The highest BCUT2D eigenvalue weighted by molar-refractivity contribution is 5.34. The first-order valence-corrected chi connectivity index (χ1v) is 6.43. The molecule has 1 heterocycles. The predicted molar refractivity (Wildman–Crippen MR) is 75.1 cm³/mol. The van der Waals surface area contributed by atoms with E-state index in [-0.39, 0.29) is 17.9 Å². The average molecular weight is 345 g/mol. The number of hydrogen-bond donors (Lipinski definition) is 1. The van der Waals surface area contributed by atoms with Gasteiger partial charge >= 0.3 is 23.1 Å². The van der Waals surface area contributed by atoms with E-state index >= 15 is 0 Å². The molecule has 0 aliphatic rings. The smallest absolute Gasteiger partial charge is 0.422 e. The summed E-state index contributed by atoms with van der Waals surface area (Å²) in [6, 6.07) is 5.61. The fourth-order valence-electron chi connectivity index (χ4n) is 1.86. The van der Waals surface area contributed by atoms with Crippen LogP contribution < -0.4 is 16.0 Å². The minimum absolute atomic E-state index is 0.129. The highest BCUT2D eigenvalue weighted by Crippen LogP contribution is 2.22. The lowest BCUT2D eigenvalue weighted by Gasteiger charge is -2.13. The third-order valence-electron chi connectivity index (χ3n) is 2.89. The molecule has 1 aromatic heterocycles. The molecule has 2 aromatic rings. The summed E-state index contributed by atoms with van der Waals surface area (Å²) < 4.78 is 42.2. The summed E-state index contributed by atoms with van der Waals surface area (Å²) >= 11 is 0. The van der Waals surface area contributed by atoms with Gasteiger partial charge in [-0.3, -0.25) is 24.5 Å². The van der Waals surface area contributed by atoms with Gasteiger partial charge in [0.15, 0.2) is 6.61 Å². The van der Waals surface area contributed by atoms with Gasteiger partial charge in [0.05, 0.1) is 17.7 Å². The third-order valence-corrected chi connectivity index (χ3v) is 2.89. The Morgan fingerprint density at radius 1 is 1.25 bits per heavy atom. The van der Waals surface area contributed by atoms with E-state index in [0.717, 1.165) is 10.8 Å². The first kappa shape index (κ1) is 17.2. The molecule has 0 radical (unpaired) electrons. The van der Waals surface area contributed by atoms with Gasteiger partial charge in [0.2, 0.25) is 0 Å². The normalized spacial score (nSPS) is 11.3. The summed E-state index contributed by atoms with van der Waals surface area (Å²) in [4.78, 5) is 34.6. The van der Waals surface area contributed by atoms with E-state index in [4.69, 9.17) is 0 Å². The van der Waals surface area contributed by atoms with Crippen molar-refractivity contribution >= 4 is 5.69 Å². The van der Waals surface area contributed by atoms with Crippen LogP contribution in [0.25, 0.3) is 0 Å². The number of hydrogen-bond acceptors (Lipinski definition) is 5. The molecule has 0 fully saturated rings. The van der Waals surface area contributed by atoms with Gasteiger partial charge in [-0.1, -0.05) is 18.2 Å². The van der Waals surface area contributed by atoms with E-state index in [1.54, 1.807) is 4.98 Å². The zero-order valence-electron chi connectivity index (χ0n) is 11.9. The SMILES string of the molecule is O=c1[nH]c(=O)n(Cc2ccccc2OCC(F)(F)F)cc1[N+](=O)[O-]. The number of nitrogens with one attached hydrogen (secondary N) is 1. The number of alkyl halides is 3. The van der Waals surface area contributed by atoms with Crippen LogP contribution in [-0.2, 0) is 6.54 Å². The van der Waals surface area contributed by atoms with E-state index < -0.39 is 34.6 Å². The van der Waals surface area contributed by atoms with Gasteiger partial charge in [-0.05, 0) is 6.07 Å². The molecule has 0 spiro atoms. The zero-order valence-corrected chi connectivity index (χ0v) is 11.9. The van der Waals surface area contributed by atoms with Crippen molar-refractivity contribution in [3.8, 4) is 5.75 Å². The maximum Gasteiger partial charge on any atom is 0.422 e. The third kappa shape index (κ3) is 4.21. The van der Waals surface area contributed by atoms with E-state index in [1.807, 2.05) is 0 Å². The van der Waals surface area contributed by atoms with E-state index in [9.17, 15) is 32.9 Å². The standard InChI is InChI=1S/C13H10F3N3O5/c14-13(15,16)7-24-10-4-2-1-3-8(10)5-18-6-9(19(22)23)11(20)17-12(18)21/h1-4,6H,5,7H2,(H,17,20,21). The molecule has 0 atom stereocenters. The van der Waals surface area contributed by atoms with Gasteiger partial charge in [0.1, 0.15) is 5.75 Å². The van der Waals surface area contributed by atoms with Crippen LogP contribution >= 0.6 is 0 Å². The van der Waals surface area contributed by atoms with Crippen molar-refractivity contribution in [2.24, 2.45) is 0 Å². The lowest BCUT2D eigenvalue weighted by Crippen LogP contribution is -2.31. The van der Waals surface area contributed by atoms with Crippen LogP contribution in [-0.4, -0.2) is 27.3 Å². The molecule has 1 N–H and O–H groups in total. The van der Waals surface area contributed by atoms with Crippen LogP contribution in [0.5, 0.6) is 5.75 Å². The summed E-state index contributed by atoms with van der Waals surface area (Å²) in [6.07, 6.45) is -3.82. The molecule has 0 amide bonds. The van der Waals surface area contributed by atoms with Crippen LogP contribution in [0.2, 0.25) is 0 Å². The van der Waals surface area contributed by atoms with Crippen LogP contribution in [0.15, 0.2) is 40.1 Å². The van der Waals surface area contributed by atoms with Crippen LogP contribution in [0.4, 0.5) is 18.9 Å². The Morgan fingerprint density at radius 3 is 2.54 bits per heavy atom. The molecule has 1 aromatic carbocycles. The number of ether oxygens (including phenoxy) is 1. The van der Waals surface area contributed by atoms with Gasteiger partial charge in [-0.25, -0.2) is 4.79 Å². The van der Waals surface area contributed by atoms with Crippen molar-refractivity contribution in [3.05, 3.63) is 67.0 Å². The van der Waals surface area contributed by atoms with Gasteiger partial charge in [-0.2, -0.15) is 13.2 Å². The number of aromatic amines is 1. The molecule has 0 unspecified atom stereocenters. The summed E-state index contributed by atoms with van der Waals surface area (Å²) in [5.41, 5.74) is -2.77. The van der Waals surface area contributed by atoms with Crippen LogP contribution in [0.3, 0.4) is 0 Å². The molecule has 0 aliphatic heterocycles. The molecule has 0 aliphatic carbocycles. The number of H-pyrrole nitrogens is 1. The molecule has 0 bridgehead atoms. The second kappa shape index (κ2) is 6.56. The molecule has 24 heavy (non-hydrogen) atoms. The number of para-hydroxylation sites is 1. The highest BCUT2D eigenvalue weighted by atomic mass is 19.4. The van der Waals surface area contributed by atoms with Crippen molar-refractivity contribution in [1.29, 1.82) is 0 Å². The molecule has 0 saturated heterocycles. The van der Waals surface area contributed by atoms with Crippen molar-refractivity contribution in [3.63, 3.8) is 0 Å². The number of nitrogens with zero attached hydrogens (tertiary/aromatic N) is 2. The van der Waals surface area contributed by atoms with Gasteiger partial charge < -0.3 is 4.74 Å². The maximum absolute atomic E-state index is 12.3. The van der Waals surface area contributed by atoms with E-state index in [2.05, 4.69) is 4.74 Å². The second-order valence-electron chi connectivity index (χ2n) is 4.67. The molecular formula is C13H10F3N3O5. The molecule has 11 heteroatoms.